The second kappa shape index (κ2) is 5.53. The number of nitrogens with one attached hydrogen (secondary N) is 1. The monoisotopic (exact) mass is 247 g/mol. The third-order valence-electron chi connectivity index (χ3n) is 4.03. The molecule has 0 aromatic heterocycles. The van der Waals surface area contributed by atoms with Crippen molar-refractivity contribution in [1.82, 2.24) is 5.32 Å². The molecular formula is C15H21NO2. The van der Waals surface area contributed by atoms with Gasteiger partial charge >= 0.3 is 5.97 Å². The van der Waals surface area contributed by atoms with Gasteiger partial charge in [-0.05, 0) is 43.7 Å². The number of carboxylic acids is 1. The Morgan fingerprint density at radius 1 is 1.33 bits per heavy atom. The molecule has 2 rings (SSSR count). The molecule has 1 aromatic carbocycles. The quantitative estimate of drug-likeness (QED) is 0.860. The van der Waals surface area contributed by atoms with Crippen LogP contribution in [-0.4, -0.2) is 23.2 Å². The number of likely N-dealkylation sites (N-methyl/N-ethyl adjacent to an activating group) is 1. The Balaban J connectivity index is 2.05. The van der Waals surface area contributed by atoms with Crippen LogP contribution in [-0.2, 0) is 4.79 Å². The predicted molar refractivity (Wildman–Crippen MR) is 71.7 cm³/mol. The molecule has 3 heteroatoms. The Kier molecular flexibility index (Phi) is 4.02. The predicted octanol–water partition coefficient (Wildman–Crippen LogP) is 2.78. The summed E-state index contributed by atoms with van der Waals surface area (Å²) in [6.07, 6.45) is 3.33. The molecule has 18 heavy (non-hydrogen) atoms. The minimum Gasteiger partial charge on any atom is -0.480 e. The molecule has 2 N–H and O–H groups in total. The van der Waals surface area contributed by atoms with Crippen molar-refractivity contribution in [3.8, 4) is 0 Å². The molecule has 1 fully saturated rings. The first-order chi connectivity index (χ1) is 8.68. The lowest BCUT2D eigenvalue weighted by atomic mass is 9.74. The van der Waals surface area contributed by atoms with Crippen LogP contribution in [0.2, 0.25) is 0 Å². The fourth-order valence-electron chi connectivity index (χ4n) is 2.97. The van der Waals surface area contributed by atoms with E-state index in [1.165, 1.54) is 5.56 Å². The van der Waals surface area contributed by atoms with E-state index in [2.05, 4.69) is 29.6 Å². The zero-order valence-corrected chi connectivity index (χ0v) is 10.9. The van der Waals surface area contributed by atoms with Crippen LogP contribution < -0.4 is 5.32 Å². The maximum absolute atomic E-state index is 11.4. The molecule has 0 amide bonds. The SMILES string of the molecule is CCNC1(C(=O)O)CCC(c2ccccc2)CC1. The molecule has 1 aliphatic carbocycles. The van der Waals surface area contributed by atoms with Crippen LogP contribution in [0.15, 0.2) is 30.3 Å². The molecule has 0 unspecified atom stereocenters. The summed E-state index contributed by atoms with van der Waals surface area (Å²) < 4.78 is 0. The van der Waals surface area contributed by atoms with Gasteiger partial charge in [-0.25, -0.2) is 0 Å². The molecular weight excluding hydrogens is 226 g/mol. The maximum atomic E-state index is 11.4. The summed E-state index contributed by atoms with van der Waals surface area (Å²) in [6.45, 7) is 2.68. The van der Waals surface area contributed by atoms with Crippen molar-refractivity contribution < 1.29 is 9.90 Å². The number of rotatable bonds is 4. The summed E-state index contributed by atoms with van der Waals surface area (Å²) in [5.41, 5.74) is 0.646. The summed E-state index contributed by atoms with van der Waals surface area (Å²) in [5.74, 6) is -0.187. The van der Waals surface area contributed by atoms with Crippen molar-refractivity contribution in [2.45, 2.75) is 44.1 Å². The second-order valence-corrected chi connectivity index (χ2v) is 5.10. The van der Waals surface area contributed by atoms with Crippen molar-refractivity contribution in [3.05, 3.63) is 35.9 Å². The zero-order chi connectivity index (χ0) is 13.0. The van der Waals surface area contributed by atoms with Gasteiger partial charge in [0.05, 0.1) is 0 Å². The Morgan fingerprint density at radius 2 is 1.94 bits per heavy atom. The van der Waals surface area contributed by atoms with E-state index >= 15 is 0 Å². The van der Waals surface area contributed by atoms with Gasteiger partial charge in [-0.3, -0.25) is 4.79 Å². The second-order valence-electron chi connectivity index (χ2n) is 5.10. The lowest BCUT2D eigenvalue weighted by Gasteiger charge is -2.37. The number of carbonyl (C=O) groups is 1. The Labute approximate surface area is 108 Å². The van der Waals surface area contributed by atoms with E-state index in [1.54, 1.807) is 0 Å². The number of carboxylic acid groups (broad SMARTS) is 1. The molecule has 1 aromatic rings. The van der Waals surface area contributed by atoms with Crippen molar-refractivity contribution in [2.75, 3.05) is 6.54 Å². The Morgan fingerprint density at radius 3 is 2.44 bits per heavy atom. The van der Waals surface area contributed by atoms with Gasteiger partial charge in [0.15, 0.2) is 0 Å². The lowest BCUT2D eigenvalue weighted by molar-refractivity contribution is -0.146. The number of aliphatic carboxylic acids is 1. The average Bonchev–Trinajstić information content (AvgIpc) is 2.41. The first-order valence-electron chi connectivity index (χ1n) is 6.71. The lowest BCUT2D eigenvalue weighted by Crippen LogP contribution is -2.53. The largest absolute Gasteiger partial charge is 0.480 e. The topological polar surface area (TPSA) is 49.3 Å². The number of hydrogen-bond acceptors (Lipinski definition) is 2. The summed E-state index contributed by atoms with van der Waals surface area (Å²) in [4.78, 5) is 11.4. The van der Waals surface area contributed by atoms with Gasteiger partial charge in [0.25, 0.3) is 0 Å². The maximum Gasteiger partial charge on any atom is 0.323 e. The van der Waals surface area contributed by atoms with E-state index in [9.17, 15) is 9.90 Å². The van der Waals surface area contributed by atoms with Crippen molar-refractivity contribution in [1.29, 1.82) is 0 Å². The minimum atomic E-state index is -0.698. The van der Waals surface area contributed by atoms with Crippen LogP contribution in [0.5, 0.6) is 0 Å². The van der Waals surface area contributed by atoms with Crippen LogP contribution in [0.3, 0.4) is 0 Å². The standard InChI is InChI=1S/C15H21NO2/c1-2-16-15(14(17)18)10-8-13(9-11-15)12-6-4-3-5-7-12/h3-7,13,16H,2,8-11H2,1H3,(H,17,18). The van der Waals surface area contributed by atoms with Gasteiger partial charge in [0.1, 0.15) is 5.54 Å². The molecule has 0 radical (unpaired) electrons. The van der Waals surface area contributed by atoms with Gasteiger partial charge in [0, 0.05) is 0 Å². The average molecular weight is 247 g/mol. The fraction of sp³-hybridized carbons (Fsp3) is 0.533. The van der Waals surface area contributed by atoms with Crippen LogP contribution >= 0.6 is 0 Å². The summed E-state index contributed by atoms with van der Waals surface area (Å²) in [6, 6.07) is 10.4. The highest BCUT2D eigenvalue weighted by Crippen LogP contribution is 2.38. The third kappa shape index (κ3) is 2.56. The smallest absolute Gasteiger partial charge is 0.323 e. The first-order valence-corrected chi connectivity index (χ1v) is 6.71. The van der Waals surface area contributed by atoms with E-state index in [1.807, 2.05) is 13.0 Å². The van der Waals surface area contributed by atoms with Crippen molar-refractivity contribution in [2.24, 2.45) is 0 Å². The van der Waals surface area contributed by atoms with E-state index < -0.39 is 11.5 Å². The molecule has 1 aliphatic rings. The highest BCUT2D eigenvalue weighted by atomic mass is 16.4. The van der Waals surface area contributed by atoms with Gasteiger partial charge in [0.2, 0.25) is 0 Å². The van der Waals surface area contributed by atoms with Gasteiger partial charge in [-0.1, -0.05) is 37.3 Å². The highest BCUT2D eigenvalue weighted by molar-refractivity contribution is 5.79. The van der Waals surface area contributed by atoms with Gasteiger partial charge in [-0.15, -0.1) is 0 Å². The molecule has 0 bridgehead atoms. The molecule has 0 atom stereocenters. The molecule has 0 spiro atoms. The molecule has 3 nitrogen and oxygen atoms in total. The Hall–Kier alpha value is -1.35. The van der Waals surface area contributed by atoms with Crippen molar-refractivity contribution in [3.63, 3.8) is 0 Å². The number of benzene rings is 1. The summed E-state index contributed by atoms with van der Waals surface area (Å²) in [7, 11) is 0. The summed E-state index contributed by atoms with van der Waals surface area (Å²) in [5, 5.41) is 12.6. The van der Waals surface area contributed by atoms with E-state index in [0.29, 0.717) is 12.5 Å². The summed E-state index contributed by atoms with van der Waals surface area (Å²) >= 11 is 0. The fourth-order valence-corrected chi connectivity index (χ4v) is 2.97. The Bertz CT molecular complexity index is 394. The van der Waals surface area contributed by atoms with E-state index in [4.69, 9.17) is 0 Å². The minimum absolute atomic E-state index is 0.511. The van der Waals surface area contributed by atoms with Crippen LogP contribution in [0, 0.1) is 0 Å². The van der Waals surface area contributed by atoms with E-state index in [0.717, 1.165) is 25.7 Å². The molecule has 1 saturated carbocycles. The van der Waals surface area contributed by atoms with Crippen LogP contribution in [0.1, 0.15) is 44.1 Å². The number of hydrogen-bond donors (Lipinski definition) is 2. The van der Waals surface area contributed by atoms with Gasteiger partial charge in [-0.2, -0.15) is 0 Å². The first kappa shape index (κ1) is 13.1. The normalized spacial score (nSPS) is 27.9. The van der Waals surface area contributed by atoms with Crippen LogP contribution in [0.25, 0.3) is 0 Å². The molecule has 0 heterocycles. The molecule has 98 valence electrons. The third-order valence-corrected chi connectivity index (χ3v) is 4.03. The zero-order valence-electron chi connectivity index (χ0n) is 10.9. The molecule has 0 saturated heterocycles. The highest BCUT2D eigenvalue weighted by Gasteiger charge is 2.41. The molecule has 0 aliphatic heterocycles. The van der Waals surface area contributed by atoms with Gasteiger partial charge < -0.3 is 10.4 Å². The van der Waals surface area contributed by atoms with E-state index in [-0.39, 0.29) is 0 Å². The van der Waals surface area contributed by atoms with Crippen molar-refractivity contribution >= 4 is 5.97 Å². The van der Waals surface area contributed by atoms with Crippen LogP contribution in [0.4, 0.5) is 0 Å².